The molecular weight excluding hydrogens is 186 g/mol. The van der Waals surface area contributed by atoms with E-state index in [0.717, 1.165) is 5.56 Å². The van der Waals surface area contributed by atoms with Crippen molar-refractivity contribution in [2.75, 3.05) is 0 Å². The van der Waals surface area contributed by atoms with Gasteiger partial charge in [0, 0.05) is 6.04 Å². The average molecular weight is 199 g/mol. The van der Waals surface area contributed by atoms with Crippen molar-refractivity contribution in [2.24, 2.45) is 11.7 Å². The maximum absolute atomic E-state index is 10.6. The summed E-state index contributed by atoms with van der Waals surface area (Å²) in [5.74, 6) is -0.552. The number of nitrogens with two attached hydrogens (primary N) is 1. The molecule has 13 heavy (non-hydrogen) atoms. The fourth-order valence-corrected chi connectivity index (χ4v) is 1.82. The van der Waals surface area contributed by atoms with Gasteiger partial charge in [0.05, 0.1) is 0 Å². The lowest BCUT2D eigenvalue weighted by Crippen LogP contribution is -2.15. The fraction of sp³-hybridized carbons (Fsp3) is 0.444. The Morgan fingerprint density at radius 1 is 1.62 bits per heavy atom. The lowest BCUT2D eigenvalue weighted by molar-refractivity contribution is 0.0702. The SMILES string of the molecule is CC(C)[C@@H](N)c1csc(C(=O)O)c1. The van der Waals surface area contributed by atoms with Crippen LogP contribution in [0.3, 0.4) is 0 Å². The standard InChI is InChI=1S/C9H13NO2S/c1-5(2)8(10)6-3-7(9(11)12)13-4-6/h3-5,8H,10H2,1-2H3,(H,11,12)/t8-/m1/s1. The Morgan fingerprint density at radius 2 is 2.23 bits per heavy atom. The highest BCUT2D eigenvalue weighted by Gasteiger charge is 2.14. The summed E-state index contributed by atoms with van der Waals surface area (Å²) in [5.41, 5.74) is 6.78. The highest BCUT2D eigenvalue weighted by atomic mass is 32.1. The number of carboxylic acid groups (broad SMARTS) is 1. The summed E-state index contributed by atoms with van der Waals surface area (Å²) >= 11 is 1.22. The number of rotatable bonds is 3. The second-order valence-corrected chi connectivity index (χ2v) is 4.23. The number of aromatic carboxylic acids is 1. The van der Waals surface area contributed by atoms with Crippen molar-refractivity contribution in [1.82, 2.24) is 0 Å². The van der Waals surface area contributed by atoms with Crippen molar-refractivity contribution < 1.29 is 9.90 Å². The highest BCUT2D eigenvalue weighted by molar-refractivity contribution is 7.12. The zero-order valence-electron chi connectivity index (χ0n) is 7.65. The third-order valence-electron chi connectivity index (χ3n) is 1.93. The maximum atomic E-state index is 10.6. The van der Waals surface area contributed by atoms with E-state index in [4.69, 9.17) is 10.8 Å². The molecule has 72 valence electrons. The van der Waals surface area contributed by atoms with E-state index in [1.54, 1.807) is 6.07 Å². The first-order valence-electron chi connectivity index (χ1n) is 4.09. The van der Waals surface area contributed by atoms with E-state index in [2.05, 4.69) is 0 Å². The lowest BCUT2D eigenvalue weighted by atomic mass is 9.99. The summed E-state index contributed by atoms with van der Waals surface area (Å²) in [4.78, 5) is 10.9. The van der Waals surface area contributed by atoms with Gasteiger partial charge in [0.2, 0.25) is 0 Å². The van der Waals surface area contributed by atoms with Crippen molar-refractivity contribution in [1.29, 1.82) is 0 Å². The van der Waals surface area contributed by atoms with E-state index in [0.29, 0.717) is 10.8 Å². The van der Waals surface area contributed by atoms with E-state index in [-0.39, 0.29) is 6.04 Å². The molecule has 0 unspecified atom stereocenters. The summed E-state index contributed by atoms with van der Waals surface area (Å²) in [6.07, 6.45) is 0. The topological polar surface area (TPSA) is 63.3 Å². The van der Waals surface area contributed by atoms with Crippen LogP contribution >= 0.6 is 11.3 Å². The van der Waals surface area contributed by atoms with Crippen LogP contribution in [0.5, 0.6) is 0 Å². The van der Waals surface area contributed by atoms with Gasteiger partial charge in [-0.3, -0.25) is 0 Å². The number of hydrogen-bond donors (Lipinski definition) is 2. The van der Waals surface area contributed by atoms with Gasteiger partial charge >= 0.3 is 5.97 Å². The minimum Gasteiger partial charge on any atom is -0.477 e. The van der Waals surface area contributed by atoms with Crippen LogP contribution in [0.15, 0.2) is 11.4 Å². The lowest BCUT2D eigenvalue weighted by Gasteiger charge is -2.13. The molecule has 3 N–H and O–H groups in total. The minimum absolute atomic E-state index is 0.0654. The van der Waals surface area contributed by atoms with Gasteiger partial charge < -0.3 is 10.8 Å². The molecule has 1 rings (SSSR count). The van der Waals surface area contributed by atoms with Gasteiger partial charge in [0.1, 0.15) is 4.88 Å². The van der Waals surface area contributed by atoms with Crippen LogP contribution in [0.25, 0.3) is 0 Å². The molecule has 0 aliphatic heterocycles. The second kappa shape index (κ2) is 3.89. The summed E-state index contributed by atoms with van der Waals surface area (Å²) in [6.45, 7) is 4.03. The summed E-state index contributed by atoms with van der Waals surface area (Å²) < 4.78 is 0. The number of thiophene rings is 1. The number of carboxylic acids is 1. The zero-order valence-corrected chi connectivity index (χ0v) is 8.47. The van der Waals surface area contributed by atoms with Crippen molar-refractivity contribution in [3.05, 3.63) is 21.9 Å². The van der Waals surface area contributed by atoms with E-state index < -0.39 is 5.97 Å². The molecule has 0 saturated heterocycles. The predicted octanol–water partition coefficient (Wildman–Crippen LogP) is 2.10. The van der Waals surface area contributed by atoms with Crippen LogP contribution in [-0.4, -0.2) is 11.1 Å². The third-order valence-corrected chi connectivity index (χ3v) is 2.87. The Morgan fingerprint density at radius 3 is 2.62 bits per heavy atom. The highest BCUT2D eigenvalue weighted by Crippen LogP contribution is 2.24. The Labute approximate surface area is 81.2 Å². The molecule has 0 aromatic carbocycles. The number of carbonyl (C=O) groups is 1. The summed E-state index contributed by atoms with van der Waals surface area (Å²) in [7, 11) is 0. The first-order valence-corrected chi connectivity index (χ1v) is 4.97. The van der Waals surface area contributed by atoms with Gasteiger partial charge in [0.25, 0.3) is 0 Å². The van der Waals surface area contributed by atoms with Crippen LogP contribution in [-0.2, 0) is 0 Å². The van der Waals surface area contributed by atoms with Gasteiger partial charge in [0.15, 0.2) is 0 Å². The summed E-state index contributed by atoms with van der Waals surface area (Å²) in [5, 5.41) is 10.5. The fourth-order valence-electron chi connectivity index (χ4n) is 1.02. The maximum Gasteiger partial charge on any atom is 0.345 e. The molecule has 0 radical (unpaired) electrons. The molecule has 0 spiro atoms. The van der Waals surface area contributed by atoms with E-state index >= 15 is 0 Å². The molecule has 0 aliphatic carbocycles. The molecule has 1 aromatic heterocycles. The van der Waals surface area contributed by atoms with Gasteiger partial charge in [-0.25, -0.2) is 4.79 Å². The third kappa shape index (κ3) is 2.29. The van der Waals surface area contributed by atoms with Crippen molar-refractivity contribution in [3.8, 4) is 0 Å². The average Bonchev–Trinajstić information content (AvgIpc) is 2.50. The normalized spacial score (nSPS) is 13.2. The van der Waals surface area contributed by atoms with Gasteiger partial charge in [-0.15, -0.1) is 11.3 Å². The quantitative estimate of drug-likeness (QED) is 0.783. The van der Waals surface area contributed by atoms with Crippen LogP contribution in [0.2, 0.25) is 0 Å². The molecule has 0 bridgehead atoms. The molecule has 0 aliphatic rings. The molecule has 3 nitrogen and oxygen atoms in total. The first-order chi connectivity index (χ1) is 6.02. The molecule has 4 heteroatoms. The zero-order chi connectivity index (χ0) is 10.0. The molecule has 1 atom stereocenters. The van der Waals surface area contributed by atoms with Gasteiger partial charge in [-0.1, -0.05) is 13.8 Å². The molecule has 0 fully saturated rings. The Balaban J connectivity index is 2.85. The van der Waals surface area contributed by atoms with E-state index in [1.165, 1.54) is 11.3 Å². The van der Waals surface area contributed by atoms with Crippen LogP contribution in [0.1, 0.15) is 35.1 Å². The first kappa shape index (κ1) is 10.2. The smallest absolute Gasteiger partial charge is 0.345 e. The van der Waals surface area contributed by atoms with Crippen LogP contribution < -0.4 is 5.73 Å². The van der Waals surface area contributed by atoms with E-state index in [1.807, 2.05) is 19.2 Å². The van der Waals surface area contributed by atoms with Crippen molar-refractivity contribution in [2.45, 2.75) is 19.9 Å². The van der Waals surface area contributed by atoms with E-state index in [9.17, 15) is 4.79 Å². The van der Waals surface area contributed by atoms with Gasteiger partial charge in [-0.2, -0.15) is 0 Å². The minimum atomic E-state index is -0.882. The molecule has 0 saturated carbocycles. The predicted molar refractivity (Wildman–Crippen MR) is 53.0 cm³/mol. The van der Waals surface area contributed by atoms with Crippen LogP contribution in [0, 0.1) is 5.92 Å². The Bertz CT molecular complexity index is 306. The molecule has 0 amide bonds. The van der Waals surface area contributed by atoms with Crippen LogP contribution in [0.4, 0.5) is 0 Å². The second-order valence-electron chi connectivity index (χ2n) is 3.32. The van der Waals surface area contributed by atoms with Crippen molar-refractivity contribution in [3.63, 3.8) is 0 Å². The summed E-state index contributed by atoms with van der Waals surface area (Å²) in [6, 6.07) is 1.59. The van der Waals surface area contributed by atoms with Gasteiger partial charge in [-0.05, 0) is 22.9 Å². The number of hydrogen-bond acceptors (Lipinski definition) is 3. The molecular formula is C9H13NO2S. The Kier molecular flexibility index (Phi) is 3.06. The monoisotopic (exact) mass is 199 g/mol. The molecule has 1 heterocycles. The largest absolute Gasteiger partial charge is 0.477 e. The Hall–Kier alpha value is -0.870. The molecule has 1 aromatic rings. The van der Waals surface area contributed by atoms with Crippen molar-refractivity contribution >= 4 is 17.3 Å².